The van der Waals surface area contributed by atoms with E-state index in [0.29, 0.717) is 16.7 Å². The summed E-state index contributed by atoms with van der Waals surface area (Å²) >= 11 is 0. The van der Waals surface area contributed by atoms with E-state index in [9.17, 15) is 4.79 Å². The van der Waals surface area contributed by atoms with Gasteiger partial charge in [0.15, 0.2) is 5.65 Å². The first-order valence-electron chi connectivity index (χ1n) is 9.20. The molecule has 26 heavy (non-hydrogen) atoms. The van der Waals surface area contributed by atoms with Crippen LogP contribution in [0.25, 0.3) is 11.2 Å². The Bertz CT molecular complexity index is 974. The fourth-order valence-electron chi connectivity index (χ4n) is 4.86. The number of aromatic nitrogens is 4. The Kier molecular flexibility index (Phi) is 3.35. The molecule has 1 spiro atoms. The standard InChI is InChI=1S/C20H21N5O/c1-24-18-16(22-23-24)15(9-12-21-18)19(26)25-13-20(10-5-6-11-20)17(25)14-7-3-2-4-8-14/h2-4,7-9,12,17H,5-6,10-11,13H2,1H3. The van der Waals surface area contributed by atoms with Gasteiger partial charge in [-0.25, -0.2) is 9.67 Å². The van der Waals surface area contributed by atoms with Gasteiger partial charge in [-0.15, -0.1) is 5.10 Å². The van der Waals surface area contributed by atoms with Crippen molar-refractivity contribution in [2.45, 2.75) is 31.7 Å². The van der Waals surface area contributed by atoms with Crippen molar-refractivity contribution in [3.63, 3.8) is 0 Å². The van der Waals surface area contributed by atoms with E-state index in [4.69, 9.17) is 0 Å². The lowest BCUT2D eigenvalue weighted by molar-refractivity contribution is -0.0510. The largest absolute Gasteiger partial charge is 0.330 e. The number of likely N-dealkylation sites (tertiary alicyclic amines) is 1. The van der Waals surface area contributed by atoms with Crippen LogP contribution in [0.4, 0.5) is 0 Å². The fourth-order valence-corrected chi connectivity index (χ4v) is 4.86. The molecule has 1 unspecified atom stereocenters. The Morgan fingerprint density at radius 1 is 1.15 bits per heavy atom. The lowest BCUT2D eigenvalue weighted by Crippen LogP contribution is -2.59. The van der Waals surface area contributed by atoms with E-state index in [0.717, 1.165) is 6.54 Å². The summed E-state index contributed by atoms with van der Waals surface area (Å²) in [6.07, 6.45) is 6.59. The molecule has 6 heteroatoms. The highest BCUT2D eigenvalue weighted by Gasteiger charge is 2.56. The van der Waals surface area contributed by atoms with Gasteiger partial charge in [0.1, 0.15) is 5.52 Å². The normalized spacial score (nSPS) is 21.3. The molecule has 3 aromatic rings. The molecule has 2 aromatic heterocycles. The molecule has 3 heterocycles. The summed E-state index contributed by atoms with van der Waals surface area (Å²) in [4.78, 5) is 19.7. The van der Waals surface area contributed by atoms with Gasteiger partial charge in [0.05, 0.1) is 11.6 Å². The van der Waals surface area contributed by atoms with Crippen LogP contribution in [0.15, 0.2) is 42.6 Å². The highest BCUT2D eigenvalue weighted by atomic mass is 16.2. The monoisotopic (exact) mass is 347 g/mol. The average Bonchev–Trinajstić information content (AvgIpc) is 3.29. The number of benzene rings is 1. The molecule has 1 aliphatic heterocycles. The summed E-state index contributed by atoms with van der Waals surface area (Å²) in [7, 11) is 1.79. The third-order valence-electron chi connectivity index (χ3n) is 6.07. The first-order chi connectivity index (χ1) is 12.7. The topological polar surface area (TPSA) is 63.9 Å². The van der Waals surface area contributed by atoms with Crippen LogP contribution in [0.3, 0.4) is 0 Å². The molecule has 1 saturated heterocycles. The molecular weight excluding hydrogens is 326 g/mol. The van der Waals surface area contributed by atoms with Crippen LogP contribution < -0.4 is 0 Å². The summed E-state index contributed by atoms with van der Waals surface area (Å²) in [6.45, 7) is 0.829. The molecule has 1 atom stereocenters. The molecule has 1 saturated carbocycles. The van der Waals surface area contributed by atoms with Gasteiger partial charge in [-0.2, -0.15) is 0 Å². The van der Waals surface area contributed by atoms with E-state index in [1.165, 1.54) is 31.2 Å². The summed E-state index contributed by atoms with van der Waals surface area (Å²) in [5, 5.41) is 8.19. The predicted molar refractivity (Wildman–Crippen MR) is 97.4 cm³/mol. The van der Waals surface area contributed by atoms with Gasteiger partial charge in [0.25, 0.3) is 5.91 Å². The maximum atomic E-state index is 13.4. The van der Waals surface area contributed by atoms with Gasteiger partial charge in [-0.05, 0) is 24.5 Å². The van der Waals surface area contributed by atoms with Gasteiger partial charge in [0, 0.05) is 25.2 Å². The number of nitrogens with zero attached hydrogens (tertiary/aromatic N) is 5. The van der Waals surface area contributed by atoms with Crippen molar-refractivity contribution in [2.75, 3.05) is 6.54 Å². The third kappa shape index (κ3) is 2.11. The minimum absolute atomic E-state index is 0.0317. The van der Waals surface area contributed by atoms with Crippen molar-refractivity contribution in [3.05, 3.63) is 53.7 Å². The molecule has 0 radical (unpaired) electrons. The van der Waals surface area contributed by atoms with E-state index >= 15 is 0 Å². The van der Waals surface area contributed by atoms with Crippen molar-refractivity contribution in [2.24, 2.45) is 12.5 Å². The van der Waals surface area contributed by atoms with Crippen molar-refractivity contribution >= 4 is 17.1 Å². The zero-order valence-corrected chi connectivity index (χ0v) is 14.8. The molecule has 6 nitrogen and oxygen atoms in total. The Labute approximate surface area is 151 Å². The highest BCUT2D eigenvalue weighted by Crippen LogP contribution is 2.58. The van der Waals surface area contributed by atoms with Gasteiger partial charge < -0.3 is 4.90 Å². The van der Waals surface area contributed by atoms with Crippen LogP contribution in [0.5, 0.6) is 0 Å². The van der Waals surface area contributed by atoms with Crippen molar-refractivity contribution in [1.29, 1.82) is 0 Å². The Morgan fingerprint density at radius 3 is 2.69 bits per heavy atom. The lowest BCUT2D eigenvalue weighted by Gasteiger charge is -2.56. The molecule has 0 N–H and O–H groups in total. The highest BCUT2D eigenvalue weighted by molar-refractivity contribution is 6.04. The Balaban J connectivity index is 1.55. The molecule has 0 bridgehead atoms. The maximum absolute atomic E-state index is 13.4. The molecule has 132 valence electrons. The molecule has 5 rings (SSSR count). The van der Waals surface area contributed by atoms with E-state index in [2.05, 4.69) is 39.6 Å². The SMILES string of the molecule is Cn1nnc2c(C(=O)N3CC4(CCCC4)C3c3ccccc3)ccnc21. The number of hydrogen-bond donors (Lipinski definition) is 0. The minimum Gasteiger partial charge on any atom is -0.330 e. The second-order valence-corrected chi connectivity index (χ2v) is 7.56. The first-order valence-corrected chi connectivity index (χ1v) is 9.20. The number of carbonyl (C=O) groups excluding carboxylic acids is 1. The Morgan fingerprint density at radius 2 is 1.92 bits per heavy atom. The van der Waals surface area contributed by atoms with Gasteiger partial charge in [0.2, 0.25) is 0 Å². The van der Waals surface area contributed by atoms with Crippen LogP contribution >= 0.6 is 0 Å². The van der Waals surface area contributed by atoms with Crippen LogP contribution in [-0.2, 0) is 7.05 Å². The second kappa shape index (κ2) is 5.62. The quantitative estimate of drug-likeness (QED) is 0.714. The van der Waals surface area contributed by atoms with Crippen molar-refractivity contribution in [1.82, 2.24) is 24.9 Å². The number of carbonyl (C=O) groups is 1. The van der Waals surface area contributed by atoms with Crippen LogP contribution in [-0.4, -0.2) is 37.3 Å². The van der Waals surface area contributed by atoms with E-state index in [1.807, 2.05) is 11.0 Å². The summed E-state index contributed by atoms with van der Waals surface area (Å²) < 4.78 is 1.61. The molecule has 1 aliphatic carbocycles. The predicted octanol–water partition coefficient (Wildman–Crippen LogP) is 3.12. The number of amides is 1. The van der Waals surface area contributed by atoms with Crippen LogP contribution in [0.2, 0.25) is 0 Å². The van der Waals surface area contributed by atoms with Crippen LogP contribution in [0.1, 0.15) is 47.6 Å². The smallest absolute Gasteiger partial charge is 0.256 e. The number of fused-ring (bicyclic) bond motifs is 1. The fraction of sp³-hybridized carbons (Fsp3) is 0.400. The zero-order chi connectivity index (χ0) is 17.7. The molecule has 1 aromatic carbocycles. The molecule has 2 fully saturated rings. The van der Waals surface area contributed by atoms with E-state index in [-0.39, 0.29) is 17.4 Å². The maximum Gasteiger partial charge on any atom is 0.256 e. The zero-order valence-electron chi connectivity index (χ0n) is 14.8. The number of rotatable bonds is 2. The third-order valence-corrected chi connectivity index (χ3v) is 6.07. The Hall–Kier alpha value is -2.76. The summed E-state index contributed by atoms with van der Waals surface area (Å²) in [6, 6.07) is 12.4. The van der Waals surface area contributed by atoms with Gasteiger partial charge in [-0.1, -0.05) is 48.4 Å². The van der Waals surface area contributed by atoms with Crippen molar-refractivity contribution in [3.8, 4) is 0 Å². The summed E-state index contributed by atoms with van der Waals surface area (Å²) in [5.74, 6) is 0.0317. The number of aryl methyl sites for hydroxylation is 1. The average molecular weight is 347 g/mol. The van der Waals surface area contributed by atoms with Crippen molar-refractivity contribution < 1.29 is 4.79 Å². The minimum atomic E-state index is 0.0317. The molecule has 1 amide bonds. The molecular formula is C20H21N5O. The lowest BCUT2D eigenvalue weighted by atomic mass is 9.67. The first kappa shape index (κ1) is 15.5. The second-order valence-electron chi connectivity index (χ2n) is 7.56. The molecule has 2 aliphatic rings. The van der Waals surface area contributed by atoms with Gasteiger partial charge in [-0.3, -0.25) is 4.79 Å². The number of pyridine rings is 1. The van der Waals surface area contributed by atoms with Gasteiger partial charge >= 0.3 is 0 Å². The van der Waals surface area contributed by atoms with E-state index in [1.54, 1.807) is 24.0 Å². The number of hydrogen-bond acceptors (Lipinski definition) is 4. The van der Waals surface area contributed by atoms with E-state index < -0.39 is 0 Å². The van der Waals surface area contributed by atoms with Crippen LogP contribution in [0, 0.1) is 5.41 Å². The summed E-state index contributed by atoms with van der Waals surface area (Å²) in [5.41, 5.74) is 3.30.